The second kappa shape index (κ2) is 55.2. The normalized spacial score (nSPS) is 12.7. The fourth-order valence-electron chi connectivity index (χ4n) is 7.64. The summed E-state index contributed by atoms with van der Waals surface area (Å²) in [6.45, 7) is 6.44. The van der Waals surface area contributed by atoms with Gasteiger partial charge in [0.1, 0.15) is 13.2 Å². The van der Waals surface area contributed by atoms with Gasteiger partial charge in [-0.3, -0.25) is 14.4 Å². The quantitative estimate of drug-likeness (QED) is 0.0262. The summed E-state index contributed by atoms with van der Waals surface area (Å²) < 4.78 is 16.8. The van der Waals surface area contributed by atoms with Gasteiger partial charge < -0.3 is 14.2 Å². The highest BCUT2D eigenvalue weighted by Crippen LogP contribution is 2.14. The van der Waals surface area contributed by atoms with Crippen molar-refractivity contribution in [1.29, 1.82) is 0 Å². The second-order valence-electron chi connectivity index (χ2n) is 18.5. The summed E-state index contributed by atoms with van der Waals surface area (Å²) in [5.74, 6) is -0.918. The molecule has 6 nitrogen and oxygen atoms in total. The van der Waals surface area contributed by atoms with Crippen molar-refractivity contribution >= 4 is 17.9 Å². The molecule has 0 rings (SSSR count). The minimum Gasteiger partial charge on any atom is -0.462 e. The lowest BCUT2D eigenvalue weighted by Crippen LogP contribution is -2.30. The average Bonchev–Trinajstić information content (AvgIpc) is 3.33. The number of carbonyl (C=O) groups excluding carboxylic acids is 3. The summed E-state index contributed by atoms with van der Waals surface area (Å²) in [4.78, 5) is 38.1. The van der Waals surface area contributed by atoms with Gasteiger partial charge in [-0.15, -0.1) is 0 Å². The van der Waals surface area contributed by atoms with Gasteiger partial charge in [0.05, 0.1) is 0 Å². The van der Waals surface area contributed by atoms with E-state index in [1.165, 1.54) is 96.3 Å². The maximum absolute atomic E-state index is 12.8. The summed E-state index contributed by atoms with van der Waals surface area (Å²) in [7, 11) is 0. The van der Waals surface area contributed by atoms with Crippen molar-refractivity contribution in [3.63, 3.8) is 0 Å². The van der Waals surface area contributed by atoms with E-state index in [0.29, 0.717) is 19.3 Å². The van der Waals surface area contributed by atoms with E-state index in [1.807, 2.05) is 0 Å². The van der Waals surface area contributed by atoms with Crippen LogP contribution in [0.25, 0.3) is 0 Å². The van der Waals surface area contributed by atoms with Crippen LogP contribution in [-0.2, 0) is 28.6 Å². The zero-order valence-corrected chi connectivity index (χ0v) is 43.9. The molecule has 0 aliphatic carbocycles. The fraction of sp³-hybridized carbons (Fsp3) is 0.721. The number of esters is 3. The van der Waals surface area contributed by atoms with Gasteiger partial charge in [0.25, 0.3) is 0 Å². The molecular formula is C61H104O6. The Morgan fingerprint density at radius 3 is 0.985 bits per heavy atom. The maximum Gasteiger partial charge on any atom is 0.306 e. The molecule has 0 spiro atoms. The Morgan fingerprint density at radius 2 is 0.612 bits per heavy atom. The van der Waals surface area contributed by atoms with Crippen LogP contribution in [0.4, 0.5) is 0 Å². The van der Waals surface area contributed by atoms with Crippen molar-refractivity contribution in [2.24, 2.45) is 0 Å². The molecule has 0 amide bonds. The van der Waals surface area contributed by atoms with Crippen molar-refractivity contribution in [2.45, 2.75) is 271 Å². The highest BCUT2D eigenvalue weighted by Gasteiger charge is 2.19. The monoisotopic (exact) mass is 933 g/mol. The zero-order chi connectivity index (χ0) is 48.6. The van der Waals surface area contributed by atoms with Crippen LogP contribution in [0.2, 0.25) is 0 Å². The fourth-order valence-corrected chi connectivity index (χ4v) is 7.64. The molecule has 0 aliphatic rings. The van der Waals surface area contributed by atoms with Gasteiger partial charge in [-0.1, -0.05) is 221 Å². The first kappa shape index (κ1) is 63.6. The molecule has 0 N–H and O–H groups in total. The van der Waals surface area contributed by atoms with Crippen LogP contribution >= 0.6 is 0 Å². The van der Waals surface area contributed by atoms with E-state index >= 15 is 0 Å². The molecule has 0 aromatic heterocycles. The lowest BCUT2D eigenvalue weighted by Gasteiger charge is -2.18. The van der Waals surface area contributed by atoms with Crippen molar-refractivity contribution in [2.75, 3.05) is 13.2 Å². The van der Waals surface area contributed by atoms with Crippen molar-refractivity contribution in [1.82, 2.24) is 0 Å². The molecule has 6 heteroatoms. The first-order valence-corrected chi connectivity index (χ1v) is 28.1. The molecule has 384 valence electrons. The molecule has 67 heavy (non-hydrogen) atoms. The van der Waals surface area contributed by atoms with E-state index in [0.717, 1.165) is 128 Å². The van der Waals surface area contributed by atoms with Crippen LogP contribution in [0.1, 0.15) is 265 Å². The third kappa shape index (κ3) is 53.4. The van der Waals surface area contributed by atoms with Gasteiger partial charge in [-0.25, -0.2) is 0 Å². The Hall–Kier alpha value is -3.41. The predicted octanol–water partition coefficient (Wildman–Crippen LogP) is 18.8. The molecule has 0 aliphatic heterocycles. The SMILES string of the molecule is CC/C=C\C/C=C\C/C=C\C/C=C\CCCCCCCCC(=O)OCC(COC(=O)CCCCCCC/C=C\C/C=C\CCC)OC(=O)CCCCCCCCC/C=C\CCCCCCCC. The summed E-state index contributed by atoms with van der Waals surface area (Å²) in [6.07, 6.45) is 71.4. The van der Waals surface area contributed by atoms with Gasteiger partial charge >= 0.3 is 17.9 Å². The molecule has 0 saturated carbocycles. The summed E-state index contributed by atoms with van der Waals surface area (Å²) >= 11 is 0. The lowest BCUT2D eigenvalue weighted by molar-refractivity contribution is -0.167. The highest BCUT2D eigenvalue weighted by atomic mass is 16.6. The maximum atomic E-state index is 12.8. The number of hydrogen-bond acceptors (Lipinski definition) is 6. The summed E-state index contributed by atoms with van der Waals surface area (Å²) in [5, 5.41) is 0. The Bertz CT molecular complexity index is 1300. The molecular weight excluding hydrogens is 829 g/mol. The molecule has 0 saturated heterocycles. The van der Waals surface area contributed by atoms with Gasteiger partial charge in [-0.05, 0) is 109 Å². The number of carbonyl (C=O) groups is 3. The van der Waals surface area contributed by atoms with E-state index in [2.05, 4.69) is 106 Å². The van der Waals surface area contributed by atoms with E-state index in [4.69, 9.17) is 14.2 Å². The molecule has 0 fully saturated rings. The zero-order valence-electron chi connectivity index (χ0n) is 43.9. The van der Waals surface area contributed by atoms with Crippen LogP contribution in [0, 0.1) is 0 Å². The first-order chi connectivity index (χ1) is 33.0. The van der Waals surface area contributed by atoms with E-state index in [-0.39, 0.29) is 31.1 Å². The number of rotatable bonds is 50. The van der Waals surface area contributed by atoms with Crippen molar-refractivity contribution in [3.8, 4) is 0 Å². The molecule has 0 radical (unpaired) electrons. The molecule has 0 bridgehead atoms. The third-order valence-electron chi connectivity index (χ3n) is 11.8. The molecule has 1 atom stereocenters. The average molecular weight is 933 g/mol. The van der Waals surface area contributed by atoms with Crippen molar-refractivity contribution in [3.05, 3.63) is 85.1 Å². The Balaban J connectivity index is 4.41. The van der Waals surface area contributed by atoms with Gasteiger partial charge in [0.2, 0.25) is 0 Å². The van der Waals surface area contributed by atoms with E-state index < -0.39 is 6.10 Å². The predicted molar refractivity (Wildman–Crippen MR) is 288 cm³/mol. The molecule has 0 aromatic carbocycles. The minimum atomic E-state index is -0.791. The van der Waals surface area contributed by atoms with Crippen LogP contribution < -0.4 is 0 Å². The van der Waals surface area contributed by atoms with Gasteiger partial charge in [0, 0.05) is 19.3 Å². The van der Waals surface area contributed by atoms with Gasteiger partial charge in [0.15, 0.2) is 6.10 Å². The lowest BCUT2D eigenvalue weighted by atomic mass is 10.1. The summed E-state index contributed by atoms with van der Waals surface area (Å²) in [6, 6.07) is 0. The Morgan fingerprint density at radius 1 is 0.313 bits per heavy atom. The van der Waals surface area contributed by atoms with Crippen LogP contribution in [0.3, 0.4) is 0 Å². The standard InChI is InChI=1S/C61H104O6/c1-4-7-10-13-16-19-22-25-27-29-30-32-33-36-39-42-45-48-51-54-60(63)66-57-58(56-65-59(62)53-50-47-44-41-38-35-24-21-18-15-12-9-6-3)67-61(64)55-52-49-46-43-40-37-34-31-28-26-23-20-17-14-11-8-5-2/h7,10,12,15-16,19,21,24-28,30,32,58H,4-6,8-9,11,13-14,17-18,20,22-23,29,31,33-57H2,1-3H3/b10-7-,15-12-,19-16-,24-21-,27-25-,28-26-,32-30-. The second-order valence-corrected chi connectivity index (χ2v) is 18.5. The number of unbranched alkanes of at least 4 members (excludes halogenated alkanes) is 25. The van der Waals surface area contributed by atoms with E-state index in [9.17, 15) is 14.4 Å². The Labute approximate surface area is 414 Å². The first-order valence-electron chi connectivity index (χ1n) is 28.1. The van der Waals surface area contributed by atoms with Crippen molar-refractivity contribution < 1.29 is 28.6 Å². The highest BCUT2D eigenvalue weighted by molar-refractivity contribution is 5.71. The Kier molecular flexibility index (Phi) is 52.4. The van der Waals surface area contributed by atoms with Crippen LogP contribution in [-0.4, -0.2) is 37.2 Å². The van der Waals surface area contributed by atoms with Crippen LogP contribution in [0.15, 0.2) is 85.1 Å². The smallest absolute Gasteiger partial charge is 0.306 e. The number of allylic oxidation sites excluding steroid dienone is 14. The molecule has 0 heterocycles. The van der Waals surface area contributed by atoms with E-state index in [1.54, 1.807) is 0 Å². The largest absolute Gasteiger partial charge is 0.462 e. The minimum absolute atomic E-state index is 0.0903. The van der Waals surface area contributed by atoms with Crippen LogP contribution in [0.5, 0.6) is 0 Å². The number of hydrogen-bond donors (Lipinski definition) is 0. The third-order valence-corrected chi connectivity index (χ3v) is 11.8. The molecule has 1 unspecified atom stereocenters. The summed E-state index contributed by atoms with van der Waals surface area (Å²) in [5.41, 5.74) is 0. The number of ether oxygens (including phenoxy) is 3. The molecule has 0 aromatic rings. The van der Waals surface area contributed by atoms with Gasteiger partial charge in [-0.2, -0.15) is 0 Å². The topological polar surface area (TPSA) is 78.9 Å².